The van der Waals surface area contributed by atoms with E-state index < -0.39 is 0 Å². The zero-order chi connectivity index (χ0) is 13.9. The van der Waals surface area contributed by atoms with Gasteiger partial charge in [-0.25, -0.2) is 0 Å². The summed E-state index contributed by atoms with van der Waals surface area (Å²) in [5, 5.41) is 9.66. The predicted molar refractivity (Wildman–Crippen MR) is 84.1 cm³/mol. The van der Waals surface area contributed by atoms with Gasteiger partial charge in [-0.2, -0.15) is 0 Å². The molecular weight excluding hydrogens is 268 g/mol. The van der Waals surface area contributed by atoms with Crippen molar-refractivity contribution in [1.29, 1.82) is 0 Å². The fourth-order valence-corrected chi connectivity index (χ4v) is 4.60. The highest BCUT2D eigenvalue weighted by Gasteiger charge is 2.33. The molecule has 3 nitrogen and oxygen atoms in total. The van der Waals surface area contributed by atoms with Crippen LogP contribution in [0.5, 0.6) is 0 Å². The molecule has 2 aliphatic rings. The van der Waals surface area contributed by atoms with Gasteiger partial charge >= 0.3 is 0 Å². The highest BCUT2D eigenvalue weighted by atomic mass is 32.1. The summed E-state index contributed by atoms with van der Waals surface area (Å²) in [4.78, 5) is 7.98. The summed E-state index contributed by atoms with van der Waals surface area (Å²) in [7, 11) is 0. The van der Waals surface area contributed by atoms with Gasteiger partial charge < -0.3 is 10.0 Å². The van der Waals surface area contributed by atoms with Crippen molar-refractivity contribution in [3.05, 3.63) is 21.9 Å². The van der Waals surface area contributed by atoms with Crippen molar-refractivity contribution in [2.75, 3.05) is 39.3 Å². The van der Waals surface area contributed by atoms with E-state index >= 15 is 0 Å². The maximum absolute atomic E-state index is 9.66. The van der Waals surface area contributed by atoms with Gasteiger partial charge in [-0.3, -0.25) is 4.90 Å². The van der Waals surface area contributed by atoms with E-state index in [2.05, 4.69) is 28.9 Å². The average molecular weight is 294 g/mol. The summed E-state index contributed by atoms with van der Waals surface area (Å²) in [5.74, 6) is 1.12. The van der Waals surface area contributed by atoms with Crippen molar-refractivity contribution in [2.24, 2.45) is 11.8 Å². The van der Waals surface area contributed by atoms with Crippen molar-refractivity contribution in [2.45, 2.75) is 26.3 Å². The summed E-state index contributed by atoms with van der Waals surface area (Å²) in [5.41, 5.74) is 0. The Morgan fingerprint density at radius 1 is 1.15 bits per heavy atom. The topological polar surface area (TPSA) is 26.7 Å². The molecule has 4 heteroatoms. The maximum atomic E-state index is 9.66. The number of thiophene rings is 1. The summed E-state index contributed by atoms with van der Waals surface area (Å²) in [6.07, 6.45) is 2.71. The molecule has 20 heavy (non-hydrogen) atoms. The molecule has 0 aliphatic carbocycles. The zero-order valence-electron chi connectivity index (χ0n) is 12.4. The minimum Gasteiger partial charge on any atom is -0.396 e. The molecule has 2 fully saturated rings. The first kappa shape index (κ1) is 14.5. The molecule has 0 radical (unpaired) electrons. The molecule has 3 rings (SSSR count). The van der Waals surface area contributed by atoms with Gasteiger partial charge in [0.25, 0.3) is 0 Å². The third-order valence-electron chi connectivity index (χ3n) is 4.75. The Labute approximate surface area is 126 Å². The van der Waals surface area contributed by atoms with Gasteiger partial charge in [0.2, 0.25) is 0 Å². The number of rotatable bonds is 5. The second-order valence-corrected chi connectivity index (χ2v) is 7.79. The number of aliphatic hydroxyl groups is 1. The van der Waals surface area contributed by atoms with Crippen LogP contribution in [0.15, 0.2) is 12.1 Å². The largest absolute Gasteiger partial charge is 0.396 e. The van der Waals surface area contributed by atoms with Crippen LogP contribution in [0.1, 0.15) is 22.6 Å². The standard InChI is InChI=1S/C16H26N2OS/c1-13-4-5-16(20-13)11-18-9-14(15(10-18)12-19)8-17-6-2-3-7-17/h4-5,14-15,19H,2-3,6-12H2,1H3. The molecule has 1 aromatic rings. The molecule has 112 valence electrons. The van der Waals surface area contributed by atoms with Gasteiger partial charge in [0, 0.05) is 42.5 Å². The van der Waals surface area contributed by atoms with Crippen LogP contribution in [0.2, 0.25) is 0 Å². The van der Waals surface area contributed by atoms with E-state index in [0.29, 0.717) is 18.4 Å². The summed E-state index contributed by atoms with van der Waals surface area (Å²) >= 11 is 1.90. The third kappa shape index (κ3) is 3.42. The zero-order valence-corrected chi connectivity index (χ0v) is 13.2. The summed E-state index contributed by atoms with van der Waals surface area (Å²) in [6.45, 7) is 9.50. The Kier molecular flexibility index (Phi) is 4.76. The van der Waals surface area contributed by atoms with Crippen LogP contribution in [-0.4, -0.2) is 54.2 Å². The monoisotopic (exact) mass is 294 g/mol. The third-order valence-corrected chi connectivity index (χ3v) is 5.74. The lowest BCUT2D eigenvalue weighted by atomic mass is 9.96. The Balaban J connectivity index is 1.55. The molecule has 0 amide bonds. The van der Waals surface area contributed by atoms with Crippen LogP contribution in [-0.2, 0) is 6.54 Å². The van der Waals surface area contributed by atoms with Gasteiger partial charge in [0.15, 0.2) is 0 Å². The maximum Gasteiger partial charge on any atom is 0.0475 e. The number of likely N-dealkylation sites (tertiary alicyclic amines) is 2. The predicted octanol–water partition coefficient (Wildman–Crippen LogP) is 2.19. The summed E-state index contributed by atoms with van der Waals surface area (Å²) < 4.78 is 0. The minimum atomic E-state index is 0.346. The smallest absolute Gasteiger partial charge is 0.0475 e. The Hall–Kier alpha value is -0.420. The van der Waals surface area contributed by atoms with Crippen LogP contribution in [0, 0.1) is 18.8 Å². The quantitative estimate of drug-likeness (QED) is 0.902. The number of hydrogen-bond donors (Lipinski definition) is 1. The number of aryl methyl sites for hydroxylation is 1. The van der Waals surface area contributed by atoms with Gasteiger partial charge in [-0.15, -0.1) is 11.3 Å². The number of aliphatic hydroxyl groups excluding tert-OH is 1. The van der Waals surface area contributed by atoms with E-state index in [1.54, 1.807) is 0 Å². The molecule has 3 heterocycles. The lowest BCUT2D eigenvalue weighted by Gasteiger charge is -2.23. The summed E-state index contributed by atoms with van der Waals surface area (Å²) in [6, 6.07) is 4.46. The van der Waals surface area contributed by atoms with Crippen LogP contribution in [0.3, 0.4) is 0 Å². The molecule has 1 aromatic heterocycles. The second-order valence-electron chi connectivity index (χ2n) is 6.42. The Bertz CT molecular complexity index is 428. The lowest BCUT2D eigenvalue weighted by Crippen LogP contribution is -2.31. The molecule has 2 saturated heterocycles. The molecule has 0 aromatic carbocycles. The molecule has 1 N–H and O–H groups in total. The number of nitrogens with zero attached hydrogens (tertiary/aromatic N) is 2. The highest BCUT2D eigenvalue weighted by molar-refractivity contribution is 7.11. The van der Waals surface area contributed by atoms with Crippen LogP contribution in [0.25, 0.3) is 0 Å². The Morgan fingerprint density at radius 2 is 1.90 bits per heavy atom. The van der Waals surface area contributed by atoms with Gasteiger partial charge in [-0.05, 0) is 56.8 Å². The van der Waals surface area contributed by atoms with E-state index in [9.17, 15) is 5.11 Å². The van der Waals surface area contributed by atoms with E-state index in [0.717, 1.165) is 19.6 Å². The van der Waals surface area contributed by atoms with Crippen molar-refractivity contribution in [1.82, 2.24) is 9.80 Å². The average Bonchev–Trinajstić information content (AvgIpc) is 3.13. The first-order chi connectivity index (χ1) is 9.74. The molecule has 2 atom stereocenters. The van der Waals surface area contributed by atoms with Crippen molar-refractivity contribution in [3.63, 3.8) is 0 Å². The normalized spacial score (nSPS) is 28.5. The van der Waals surface area contributed by atoms with Gasteiger partial charge in [-0.1, -0.05) is 0 Å². The SMILES string of the molecule is Cc1ccc(CN2CC(CO)C(CN3CCCC3)C2)s1. The van der Waals surface area contributed by atoms with Gasteiger partial charge in [0.05, 0.1) is 0 Å². The first-order valence-electron chi connectivity index (χ1n) is 7.85. The molecular formula is C16H26N2OS. The molecule has 0 bridgehead atoms. The first-order valence-corrected chi connectivity index (χ1v) is 8.67. The van der Waals surface area contributed by atoms with Crippen LogP contribution < -0.4 is 0 Å². The van der Waals surface area contributed by atoms with E-state index in [1.165, 1.54) is 42.2 Å². The lowest BCUT2D eigenvalue weighted by molar-refractivity contribution is 0.175. The van der Waals surface area contributed by atoms with Crippen molar-refractivity contribution >= 4 is 11.3 Å². The fourth-order valence-electron chi connectivity index (χ4n) is 3.67. The van der Waals surface area contributed by atoms with Crippen molar-refractivity contribution in [3.8, 4) is 0 Å². The van der Waals surface area contributed by atoms with E-state index in [4.69, 9.17) is 0 Å². The van der Waals surface area contributed by atoms with E-state index in [1.807, 2.05) is 11.3 Å². The Morgan fingerprint density at radius 3 is 2.55 bits per heavy atom. The van der Waals surface area contributed by atoms with Crippen LogP contribution >= 0.6 is 11.3 Å². The van der Waals surface area contributed by atoms with Gasteiger partial charge in [0.1, 0.15) is 0 Å². The van der Waals surface area contributed by atoms with Crippen molar-refractivity contribution < 1.29 is 5.11 Å². The van der Waals surface area contributed by atoms with Crippen LogP contribution in [0.4, 0.5) is 0 Å². The fraction of sp³-hybridized carbons (Fsp3) is 0.750. The molecule has 0 spiro atoms. The van der Waals surface area contributed by atoms with E-state index in [-0.39, 0.29) is 0 Å². The minimum absolute atomic E-state index is 0.346. The number of hydrogen-bond acceptors (Lipinski definition) is 4. The molecule has 2 unspecified atom stereocenters. The molecule has 2 aliphatic heterocycles. The highest BCUT2D eigenvalue weighted by Crippen LogP contribution is 2.28. The molecule has 0 saturated carbocycles. The second kappa shape index (κ2) is 6.56.